The summed E-state index contributed by atoms with van der Waals surface area (Å²) < 4.78 is 52.0. The van der Waals surface area contributed by atoms with Crippen molar-refractivity contribution < 1.29 is 42.1 Å². The summed E-state index contributed by atoms with van der Waals surface area (Å²) in [6.45, 7) is -0.0941. The van der Waals surface area contributed by atoms with Crippen molar-refractivity contribution >= 4 is 18.0 Å². The van der Waals surface area contributed by atoms with Gasteiger partial charge >= 0.3 is 18.1 Å². The number of hydrogen-bond acceptors (Lipinski definition) is 5. The summed E-state index contributed by atoms with van der Waals surface area (Å²) in [5.41, 5.74) is 0.746. The van der Waals surface area contributed by atoms with Crippen LogP contribution in [0.5, 0.6) is 17.2 Å². The number of esters is 1. The number of carbonyl (C=O) groups excluding carboxylic acids is 1. The fraction of sp³-hybridized carbons (Fsp3) is 0.238. The highest BCUT2D eigenvalue weighted by atomic mass is 19.4. The number of alkyl halides is 3. The average molecular weight is 424 g/mol. The van der Waals surface area contributed by atoms with Crippen LogP contribution in [0.15, 0.2) is 48.5 Å². The largest absolute Gasteiger partial charge is 0.494 e. The standard InChI is InChI=1S/C21H19F3O6/c1-28-18-13-14(4-10-19(25)26)3-9-17(18)30-20(27)15-5-7-16(8-6-15)29-12-2-11-21(22,23)24/h3-10,13H,2,11-12H2,1H3,(H,25,26). The number of carboxylic acid groups (broad SMARTS) is 1. The van der Waals surface area contributed by atoms with Crippen LogP contribution in [-0.4, -0.2) is 36.9 Å². The highest BCUT2D eigenvalue weighted by Crippen LogP contribution is 2.29. The molecule has 0 heterocycles. The van der Waals surface area contributed by atoms with Gasteiger partial charge in [-0.05, 0) is 54.5 Å². The molecule has 0 spiro atoms. The van der Waals surface area contributed by atoms with E-state index in [1.54, 1.807) is 6.07 Å². The molecule has 160 valence electrons. The van der Waals surface area contributed by atoms with Crippen LogP contribution >= 0.6 is 0 Å². The zero-order valence-corrected chi connectivity index (χ0v) is 15.9. The molecule has 0 atom stereocenters. The molecule has 2 aromatic rings. The maximum absolute atomic E-state index is 12.3. The fourth-order valence-corrected chi connectivity index (χ4v) is 2.35. The van der Waals surface area contributed by atoms with Crippen molar-refractivity contribution in [2.24, 2.45) is 0 Å². The highest BCUT2D eigenvalue weighted by molar-refractivity contribution is 5.91. The Balaban J connectivity index is 1.98. The molecule has 0 saturated carbocycles. The average Bonchev–Trinajstić information content (AvgIpc) is 2.70. The minimum Gasteiger partial charge on any atom is -0.494 e. The lowest BCUT2D eigenvalue weighted by Crippen LogP contribution is -2.10. The van der Waals surface area contributed by atoms with E-state index in [2.05, 4.69) is 0 Å². The number of benzene rings is 2. The predicted octanol–water partition coefficient (Wildman–Crippen LogP) is 4.73. The molecule has 0 saturated heterocycles. The van der Waals surface area contributed by atoms with Crippen LogP contribution in [0.25, 0.3) is 6.08 Å². The second-order valence-electron chi connectivity index (χ2n) is 6.06. The Hall–Kier alpha value is -3.49. The normalized spacial score (nSPS) is 11.3. The van der Waals surface area contributed by atoms with Gasteiger partial charge in [-0.3, -0.25) is 0 Å². The van der Waals surface area contributed by atoms with E-state index in [4.69, 9.17) is 19.3 Å². The Morgan fingerprint density at radius 1 is 1.07 bits per heavy atom. The van der Waals surface area contributed by atoms with Crippen LogP contribution < -0.4 is 14.2 Å². The van der Waals surface area contributed by atoms with Gasteiger partial charge < -0.3 is 19.3 Å². The van der Waals surface area contributed by atoms with Crippen molar-refractivity contribution in [1.29, 1.82) is 0 Å². The van der Waals surface area contributed by atoms with E-state index >= 15 is 0 Å². The number of rotatable bonds is 9. The van der Waals surface area contributed by atoms with Crippen LogP contribution in [0.4, 0.5) is 13.2 Å². The zero-order valence-electron chi connectivity index (χ0n) is 15.9. The minimum absolute atomic E-state index is 0.0941. The maximum Gasteiger partial charge on any atom is 0.389 e. The van der Waals surface area contributed by atoms with Gasteiger partial charge in [0.15, 0.2) is 11.5 Å². The first-order valence-corrected chi connectivity index (χ1v) is 8.79. The smallest absolute Gasteiger partial charge is 0.389 e. The van der Waals surface area contributed by atoms with Gasteiger partial charge in [0.1, 0.15) is 5.75 Å². The van der Waals surface area contributed by atoms with E-state index in [0.29, 0.717) is 11.3 Å². The summed E-state index contributed by atoms with van der Waals surface area (Å²) in [7, 11) is 1.38. The Labute approximate surface area is 170 Å². The number of methoxy groups -OCH3 is 1. The first-order valence-electron chi connectivity index (χ1n) is 8.79. The molecule has 1 N–H and O–H groups in total. The first-order chi connectivity index (χ1) is 14.2. The van der Waals surface area contributed by atoms with Crippen molar-refractivity contribution in [3.63, 3.8) is 0 Å². The molecule has 0 unspecified atom stereocenters. The third-order valence-electron chi connectivity index (χ3n) is 3.77. The Morgan fingerprint density at radius 2 is 1.77 bits per heavy atom. The summed E-state index contributed by atoms with van der Waals surface area (Å²) in [5.74, 6) is -1.06. The number of aliphatic carboxylic acids is 1. The predicted molar refractivity (Wildman–Crippen MR) is 102 cm³/mol. The second kappa shape index (κ2) is 10.3. The van der Waals surface area contributed by atoms with Gasteiger partial charge in [-0.1, -0.05) is 6.07 Å². The summed E-state index contributed by atoms with van der Waals surface area (Å²) >= 11 is 0. The van der Waals surface area contributed by atoms with Crippen LogP contribution in [0.3, 0.4) is 0 Å². The molecule has 0 fully saturated rings. The molecule has 0 radical (unpaired) electrons. The third-order valence-corrected chi connectivity index (χ3v) is 3.77. The monoisotopic (exact) mass is 424 g/mol. The molecule has 0 aromatic heterocycles. The van der Waals surface area contributed by atoms with E-state index in [-0.39, 0.29) is 30.1 Å². The third kappa shape index (κ3) is 7.50. The molecule has 9 heteroatoms. The SMILES string of the molecule is COc1cc(C=CC(=O)O)ccc1OC(=O)c1ccc(OCCCC(F)(F)F)cc1. The highest BCUT2D eigenvalue weighted by Gasteiger charge is 2.26. The van der Waals surface area contributed by atoms with Gasteiger partial charge in [0.25, 0.3) is 0 Å². The van der Waals surface area contributed by atoms with Crippen molar-refractivity contribution in [1.82, 2.24) is 0 Å². The molecule has 2 rings (SSSR count). The van der Waals surface area contributed by atoms with Gasteiger partial charge in [-0.25, -0.2) is 9.59 Å². The molecule has 0 aliphatic heterocycles. The summed E-state index contributed by atoms with van der Waals surface area (Å²) in [4.78, 5) is 22.9. The summed E-state index contributed by atoms with van der Waals surface area (Å²) in [6.07, 6.45) is -2.98. The van der Waals surface area contributed by atoms with Crippen molar-refractivity contribution in [3.05, 3.63) is 59.7 Å². The van der Waals surface area contributed by atoms with E-state index < -0.39 is 24.5 Å². The molecular weight excluding hydrogens is 405 g/mol. The van der Waals surface area contributed by atoms with Gasteiger partial charge in [-0.2, -0.15) is 13.2 Å². The molecular formula is C21H19F3O6. The van der Waals surface area contributed by atoms with Crippen LogP contribution in [0.1, 0.15) is 28.8 Å². The molecule has 30 heavy (non-hydrogen) atoms. The summed E-state index contributed by atoms with van der Waals surface area (Å²) in [5, 5.41) is 8.67. The number of carbonyl (C=O) groups is 2. The van der Waals surface area contributed by atoms with Gasteiger partial charge in [0, 0.05) is 12.5 Å². The quantitative estimate of drug-likeness (QED) is 0.271. The maximum atomic E-state index is 12.3. The van der Waals surface area contributed by atoms with E-state index in [0.717, 1.165) is 6.08 Å². The van der Waals surface area contributed by atoms with Crippen LogP contribution in [-0.2, 0) is 4.79 Å². The number of ether oxygens (including phenoxy) is 3. The summed E-state index contributed by atoms with van der Waals surface area (Å²) in [6, 6.07) is 10.3. The molecule has 6 nitrogen and oxygen atoms in total. The van der Waals surface area contributed by atoms with E-state index in [9.17, 15) is 22.8 Å². The van der Waals surface area contributed by atoms with Crippen molar-refractivity contribution in [2.75, 3.05) is 13.7 Å². The van der Waals surface area contributed by atoms with Crippen molar-refractivity contribution in [2.45, 2.75) is 19.0 Å². The molecule has 2 aromatic carbocycles. The zero-order chi connectivity index (χ0) is 22.1. The lowest BCUT2D eigenvalue weighted by atomic mass is 10.2. The second-order valence-corrected chi connectivity index (χ2v) is 6.06. The molecule has 0 aliphatic carbocycles. The lowest BCUT2D eigenvalue weighted by molar-refractivity contribution is -0.136. The lowest BCUT2D eigenvalue weighted by Gasteiger charge is -2.11. The Kier molecular flexibility index (Phi) is 7.85. The van der Waals surface area contributed by atoms with Crippen molar-refractivity contribution in [3.8, 4) is 17.2 Å². The number of carboxylic acids is 1. The molecule has 0 bridgehead atoms. The number of halogens is 3. The molecule has 0 aliphatic rings. The van der Waals surface area contributed by atoms with E-state index in [1.165, 1.54) is 49.6 Å². The van der Waals surface area contributed by atoms with Gasteiger partial charge in [0.2, 0.25) is 0 Å². The topological polar surface area (TPSA) is 82.1 Å². The van der Waals surface area contributed by atoms with Gasteiger partial charge in [0.05, 0.1) is 19.3 Å². The minimum atomic E-state index is -4.22. The fourth-order valence-electron chi connectivity index (χ4n) is 2.35. The first kappa shape index (κ1) is 22.8. The van der Waals surface area contributed by atoms with Gasteiger partial charge in [-0.15, -0.1) is 0 Å². The Morgan fingerprint density at radius 3 is 2.37 bits per heavy atom. The molecule has 0 amide bonds. The Bertz CT molecular complexity index is 904. The van der Waals surface area contributed by atoms with Crippen LogP contribution in [0.2, 0.25) is 0 Å². The number of hydrogen-bond donors (Lipinski definition) is 1. The van der Waals surface area contributed by atoms with E-state index in [1.807, 2.05) is 0 Å². The van der Waals surface area contributed by atoms with Crippen LogP contribution in [0, 0.1) is 0 Å².